The number of nitrogens with one attached hydrogen (secondary N) is 1. The molecule has 0 aliphatic carbocycles. The molecular formula is C28H27N5O3S2. The van der Waals surface area contributed by atoms with Crippen LogP contribution in [-0.4, -0.2) is 40.4 Å². The minimum absolute atomic E-state index is 0.119. The van der Waals surface area contributed by atoms with Crippen molar-refractivity contribution < 1.29 is 13.2 Å². The fraction of sp³-hybridized carbons (Fsp3) is 0.179. The maximum Gasteiger partial charge on any atom is 0.256 e. The van der Waals surface area contributed by atoms with Gasteiger partial charge in [0, 0.05) is 25.2 Å². The summed E-state index contributed by atoms with van der Waals surface area (Å²) < 4.78 is 30.1. The summed E-state index contributed by atoms with van der Waals surface area (Å²) in [6.45, 7) is 6.17. The van der Waals surface area contributed by atoms with Crippen molar-refractivity contribution in [1.82, 2.24) is 19.1 Å². The van der Waals surface area contributed by atoms with Crippen LogP contribution in [0.1, 0.15) is 32.7 Å². The summed E-state index contributed by atoms with van der Waals surface area (Å²) in [5.74, 6) is 0.112. The first-order valence-corrected chi connectivity index (χ1v) is 14.2. The van der Waals surface area contributed by atoms with E-state index in [0.717, 1.165) is 32.6 Å². The molecule has 8 nitrogen and oxygen atoms in total. The zero-order valence-corrected chi connectivity index (χ0v) is 23.1. The predicted molar refractivity (Wildman–Crippen MR) is 150 cm³/mol. The molecule has 0 radical (unpaired) electrons. The van der Waals surface area contributed by atoms with E-state index in [0.29, 0.717) is 16.5 Å². The van der Waals surface area contributed by atoms with Gasteiger partial charge in [-0.2, -0.15) is 14.1 Å². The highest BCUT2D eigenvalue weighted by atomic mass is 32.2. The zero-order valence-electron chi connectivity index (χ0n) is 21.5. The average Bonchev–Trinajstić information content (AvgIpc) is 3.47. The minimum Gasteiger partial charge on any atom is -0.306 e. The lowest BCUT2D eigenvalue weighted by Crippen LogP contribution is -2.26. The molecular weight excluding hydrogens is 518 g/mol. The van der Waals surface area contributed by atoms with Gasteiger partial charge in [0.05, 0.1) is 20.8 Å². The Bertz CT molecular complexity index is 1740. The standard InChI is InChI=1S/C28H27N5O3S2/c1-18-14-19(2)26-24(15-18)37-28(30-26)33-25(16-20(3)31-33)29-27(34)22-10-12-23(13-11-22)38(35,36)32(4)17-21-8-6-5-7-9-21/h5-16H,17H2,1-4H3,(H,29,34). The van der Waals surface area contributed by atoms with Crippen LogP contribution in [-0.2, 0) is 16.6 Å². The molecule has 1 amide bonds. The Kier molecular flexibility index (Phi) is 6.87. The molecule has 194 valence electrons. The van der Waals surface area contributed by atoms with Gasteiger partial charge in [0.25, 0.3) is 5.91 Å². The van der Waals surface area contributed by atoms with Crippen molar-refractivity contribution in [3.05, 3.63) is 101 Å². The van der Waals surface area contributed by atoms with E-state index in [1.807, 2.05) is 51.1 Å². The van der Waals surface area contributed by atoms with Gasteiger partial charge >= 0.3 is 0 Å². The molecule has 0 aliphatic rings. The maximum atomic E-state index is 13.1. The van der Waals surface area contributed by atoms with Gasteiger partial charge in [-0.15, -0.1) is 0 Å². The van der Waals surface area contributed by atoms with Crippen LogP contribution < -0.4 is 5.32 Å². The highest BCUT2D eigenvalue weighted by Gasteiger charge is 2.22. The molecule has 0 spiro atoms. The molecule has 0 saturated heterocycles. The van der Waals surface area contributed by atoms with Crippen LogP contribution in [0.15, 0.2) is 77.7 Å². The Morgan fingerprint density at radius 2 is 1.71 bits per heavy atom. The highest BCUT2D eigenvalue weighted by Crippen LogP contribution is 2.30. The number of hydrogen-bond donors (Lipinski definition) is 1. The molecule has 0 atom stereocenters. The first-order chi connectivity index (χ1) is 18.1. The van der Waals surface area contributed by atoms with E-state index in [2.05, 4.69) is 22.5 Å². The summed E-state index contributed by atoms with van der Waals surface area (Å²) in [4.78, 5) is 18.0. The number of sulfonamides is 1. The second kappa shape index (κ2) is 10.1. The van der Waals surface area contributed by atoms with Gasteiger partial charge in [-0.25, -0.2) is 13.4 Å². The van der Waals surface area contributed by atoms with Gasteiger partial charge in [0.1, 0.15) is 5.82 Å². The van der Waals surface area contributed by atoms with Crippen molar-refractivity contribution in [3.8, 4) is 5.13 Å². The number of anilines is 1. The average molecular weight is 546 g/mol. The molecule has 5 aromatic rings. The van der Waals surface area contributed by atoms with E-state index < -0.39 is 10.0 Å². The van der Waals surface area contributed by atoms with Crippen molar-refractivity contribution >= 4 is 43.3 Å². The Morgan fingerprint density at radius 1 is 1.00 bits per heavy atom. The molecule has 5 rings (SSSR count). The number of hydrogen-bond acceptors (Lipinski definition) is 6. The number of nitrogens with zero attached hydrogens (tertiary/aromatic N) is 4. The number of carbonyl (C=O) groups is 1. The molecule has 0 bridgehead atoms. The monoisotopic (exact) mass is 545 g/mol. The van der Waals surface area contributed by atoms with Crippen LogP contribution in [0.25, 0.3) is 15.3 Å². The summed E-state index contributed by atoms with van der Waals surface area (Å²) in [6.07, 6.45) is 0. The van der Waals surface area contributed by atoms with E-state index in [1.54, 1.807) is 10.7 Å². The van der Waals surface area contributed by atoms with Crippen molar-refractivity contribution in [2.24, 2.45) is 0 Å². The lowest BCUT2D eigenvalue weighted by atomic mass is 10.1. The second-order valence-electron chi connectivity index (χ2n) is 9.23. The van der Waals surface area contributed by atoms with E-state index in [9.17, 15) is 13.2 Å². The van der Waals surface area contributed by atoms with Crippen LogP contribution in [0.5, 0.6) is 0 Å². The summed E-state index contributed by atoms with van der Waals surface area (Å²) in [6, 6.07) is 21.3. The smallest absolute Gasteiger partial charge is 0.256 e. The molecule has 2 heterocycles. The second-order valence-corrected chi connectivity index (χ2v) is 12.3. The van der Waals surface area contributed by atoms with Crippen molar-refractivity contribution in [2.45, 2.75) is 32.2 Å². The molecule has 2 aromatic heterocycles. The molecule has 3 aromatic carbocycles. The Morgan fingerprint density at radius 3 is 2.42 bits per heavy atom. The van der Waals surface area contributed by atoms with Gasteiger partial charge in [-0.05, 0) is 67.8 Å². The molecule has 0 unspecified atom stereocenters. The van der Waals surface area contributed by atoms with Crippen LogP contribution in [0.2, 0.25) is 0 Å². The fourth-order valence-electron chi connectivity index (χ4n) is 4.26. The minimum atomic E-state index is -3.72. The normalized spacial score (nSPS) is 11.8. The Balaban J connectivity index is 1.35. The van der Waals surface area contributed by atoms with Crippen molar-refractivity contribution in [2.75, 3.05) is 12.4 Å². The van der Waals surface area contributed by atoms with E-state index >= 15 is 0 Å². The van der Waals surface area contributed by atoms with Gasteiger partial charge in [0.15, 0.2) is 0 Å². The third kappa shape index (κ3) is 5.10. The fourth-order valence-corrected chi connectivity index (χ4v) is 6.52. The van der Waals surface area contributed by atoms with Gasteiger partial charge in [-0.3, -0.25) is 4.79 Å². The number of aryl methyl sites for hydroxylation is 3. The lowest BCUT2D eigenvalue weighted by molar-refractivity contribution is 0.102. The number of aromatic nitrogens is 3. The highest BCUT2D eigenvalue weighted by molar-refractivity contribution is 7.89. The summed E-state index contributed by atoms with van der Waals surface area (Å²) in [5, 5.41) is 8.09. The predicted octanol–water partition coefficient (Wildman–Crippen LogP) is 5.48. The lowest BCUT2D eigenvalue weighted by Gasteiger charge is -2.17. The van der Waals surface area contributed by atoms with E-state index in [1.165, 1.54) is 47.0 Å². The molecule has 0 saturated carbocycles. The maximum absolute atomic E-state index is 13.1. The third-order valence-electron chi connectivity index (χ3n) is 6.15. The number of fused-ring (bicyclic) bond motifs is 1. The topological polar surface area (TPSA) is 97.2 Å². The molecule has 0 fully saturated rings. The van der Waals surface area contributed by atoms with E-state index in [4.69, 9.17) is 4.98 Å². The number of benzene rings is 3. The van der Waals surface area contributed by atoms with Crippen LogP contribution >= 0.6 is 11.3 Å². The number of rotatable bonds is 7. The molecule has 10 heteroatoms. The van der Waals surface area contributed by atoms with Crippen LogP contribution in [0.4, 0.5) is 5.82 Å². The summed E-state index contributed by atoms with van der Waals surface area (Å²) >= 11 is 1.50. The first kappa shape index (κ1) is 25.8. The quantitative estimate of drug-likeness (QED) is 0.292. The van der Waals surface area contributed by atoms with Crippen LogP contribution in [0, 0.1) is 20.8 Å². The zero-order chi connectivity index (χ0) is 27.0. The number of amides is 1. The summed E-state index contributed by atoms with van der Waals surface area (Å²) in [7, 11) is -2.18. The van der Waals surface area contributed by atoms with Gasteiger partial charge in [-0.1, -0.05) is 47.7 Å². The molecule has 0 aliphatic heterocycles. The van der Waals surface area contributed by atoms with E-state index in [-0.39, 0.29) is 17.3 Å². The largest absolute Gasteiger partial charge is 0.306 e. The Hall–Kier alpha value is -3.86. The van der Waals surface area contributed by atoms with Crippen LogP contribution in [0.3, 0.4) is 0 Å². The number of thiazole rings is 1. The molecule has 1 N–H and O–H groups in total. The van der Waals surface area contributed by atoms with Crippen molar-refractivity contribution in [3.63, 3.8) is 0 Å². The van der Waals surface area contributed by atoms with Crippen molar-refractivity contribution in [1.29, 1.82) is 0 Å². The SMILES string of the molecule is Cc1cc(C)c2nc(-n3nc(C)cc3NC(=O)c3ccc(S(=O)(=O)N(C)Cc4ccccc4)cc3)sc2c1. The van der Waals surface area contributed by atoms with Gasteiger partial charge < -0.3 is 5.32 Å². The molecule has 38 heavy (non-hydrogen) atoms. The first-order valence-electron chi connectivity index (χ1n) is 12.0. The summed E-state index contributed by atoms with van der Waals surface area (Å²) in [5.41, 5.74) is 5.11. The Labute approximate surface area is 225 Å². The number of carbonyl (C=O) groups excluding carboxylic acids is 1. The third-order valence-corrected chi connectivity index (χ3v) is 8.94. The van der Waals surface area contributed by atoms with Gasteiger partial charge in [0.2, 0.25) is 15.2 Å².